The highest BCUT2D eigenvalue weighted by molar-refractivity contribution is 5.79. The van der Waals surface area contributed by atoms with E-state index in [2.05, 4.69) is 17.1 Å². The Hall–Kier alpha value is -0.710. The van der Waals surface area contributed by atoms with Gasteiger partial charge in [-0.05, 0) is 25.8 Å². The van der Waals surface area contributed by atoms with E-state index in [-0.39, 0.29) is 6.04 Å². The van der Waals surface area contributed by atoms with E-state index in [1.165, 1.54) is 12.8 Å². The number of piperidine rings is 1. The lowest BCUT2D eigenvalue weighted by molar-refractivity contribution is -0.132. The third-order valence-electron chi connectivity index (χ3n) is 2.96. The van der Waals surface area contributed by atoms with Crippen LogP contribution in [0.3, 0.4) is 0 Å². The Balaban J connectivity index is 2.19. The first kappa shape index (κ1) is 13.4. The SMILES string of the molecule is CCCCN1CCC(NC(=O)C(F)F)CC1. The standard InChI is InChI=1S/C11H20F2N2O/c1-2-3-6-15-7-4-9(5-8-15)14-11(16)10(12)13/h9-10H,2-8H2,1H3,(H,14,16). The van der Waals surface area contributed by atoms with E-state index in [0.29, 0.717) is 0 Å². The highest BCUT2D eigenvalue weighted by Crippen LogP contribution is 2.11. The van der Waals surface area contributed by atoms with Crippen LogP contribution in [0.5, 0.6) is 0 Å². The van der Waals surface area contributed by atoms with Crippen molar-refractivity contribution in [2.24, 2.45) is 0 Å². The van der Waals surface area contributed by atoms with Gasteiger partial charge in [-0.2, -0.15) is 8.78 Å². The largest absolute Gasteiger partial charge is 0.348 e. The molecule has 0 aromatic rings. The molecule has 0 radical (unpaired) electrons. The summed E-state index contributed by atoms with van der Waals surface area (Å²) in [6.07, 6.45) is 1.01. The second-order valence-electron chi connectivity index (χ2n) is 4.28. The first-order chi connectivity index (χ1) is 7.63. The summed E-state index contributed by atoms with van der Waals surface area (Å²) in [5, 5.41) is 2.38. The molecule has 1 fully saturated rings. The fraction of sp³-hybridized carbons (Fsp3) is 0.909. The van der Waals surface area contributed by atoms with E-state index in [0.717, 1.165) is 32.5 Å². The van der Waals surface area contributed by atoms with Crippen LogP contribution in [0.4, 0.5) is 8.78 Å². The van der Waals surface area contributed by atoms with Crippen molar-refractivity contribution in [1.82, 2.24) is 10.2 Å². The number of hydrogen-bond donors (Lipinski definition) is 1. The molecule has 0 atom stereocenters. The summed E-state index contributed by atoms with van der Waals surface area (Å²) < 4.78 is 24.0. The van der Waals surface area contributed by atoms with E-state index in [4.69, 9.17) is 0 Å². The molecule has 0 aromatic heterocycles. The van der Waals surface area contributed by atoms with Crippen LogP contribution >= 0.6 is 0 Å². The lowest BCUT2D eigenvalue weighted by Crippen LogP contribution is -2.46. The van der Waals surface area contributed by atoms with Crippen molar-refractivity contribution in [2.75, 3.05) is 19.6 Å². The van der Waals surface area contributed by atoms with E-state index in [9.17, 15) is 13.6 Å². The number of carbonyl (C=O) groups is 1. The van der Waals surface area contributed by atoms with Gasteiger partial charge in [-0.3, -0.25) is 4.79 Å². The molecule has 1 aliphatic heterocycles. The zero-order chi connectivity index (χ0) is 12.0. The summed E-state index contributed by atoms with van der Waals surface area (Å²) in [5.41, 5.74) is 0. The van der Waals surface area contributed by atoms with Crippen LogP contribution in [-0.2, 0) is 4.79 Å². The van der Waals surface area contributed by atoms with Gasteiger partial charge in [0.25, 0.3) is 5.91 Å². The molecular formula is C11H20F2N2O. The molecule has 5 heteroatoms. The molecule has 1 saturated heterocycles. The van der Waals surface area contributed by atoms with Crippen LogP contribution in [0, 0.1) is 0 Å². The topological polar surface area (TPSA) is 32.3 Å². The van der Waals surface area contributed by atoms with Crippen LogP contribution in [0.15, 0.2) is 0 Å². The Kier molecular flexibility index (Phi) is 5.66. The van der Waals surface area contributed by atoms with Crippen LogP contribution in [0.1, 0.15) is 32.6 Å². The number of rotatable bonds is 5. The minimum absolute atomic E-state index is 0.0700. The Morgan fingerprint density at radius 1 is 1.44 bits per heavy atom. The Labute approximate surface area is 95.2 Å². The maximum absolute atomic E-state index is 12.0. The highest BCUT2D eigenvalue weighted by Gasteiger charge is 2.23. The van der Waals surface area contributed by atoms with Gasteiger partial charge in [0.05, 0.1) is 0 Å². The number of amides is 1. The zero-order valence-electron chi connectivity index (χ0n) is 9.72. The third-order valence-corrected chi connectivity index (χ3v) is 2.96. The predicted molar refractivity (Wildman–Crippen MR) is 58.5 cm³/mol. The van der Waals surface area contributed by atoms with Crippen LogP contribution in [0.2, 0.25) is 0 Å². The number of carbonyl (C=O) groups excluding carboxylic acids is 1. The average Bonchev–Trinajstić information content (AvgIpc) is 2.28. The molecule has 0 bridgehead atoms. The van der Waals surface area contributed by atoms with Crippen molar-refractivity contribution in [2.45, 2.75) is 45.1 Å². The summed E-state index contributed by atoms with van der Waals surface area (Å²) in [4.78, 5) is 13.1. The molecule has 0 aliphatic carbocycles. The number of alkyl halides is 2. The van der Waals surface area contributed by atoms with E-state index < -0.39 is 12.3 Å². The number of hydrogen-bond acceptors (Lipinski definition) is 2. The molecule has 1 heterocycles. The summed E-state index contributed by atoms with van der Waals surface area (Å²) in [6, 6.07) is -0.0700. The van der Waals surface area contributed by atoms with E-state index in [1.54, 1.807) is 0 Å². The zero-order valence-corrected chi connectivity index (χ0v) is 9.72. The molecule has 1 aliphatic rings. The predicted octanol–water partition coefficient (Wildman–Crippen LogP) is 1.63. The van der Waals surface area contributed by atoms with Crippen molar-refractivity contribution in [3.63, 3.8) is 0 Å². The van der Waals surface area contributed by atoms with E-state index >= 15 is 0 Å². The van der Waals surface area contributed by atoms with Crippen LogP contribution < -0.4 is 5.32 Å². The van der Waals surface area contributed by atoms with Gasteiger partial charge in [0.1, 0.15) is 0 Å². The van der Waals surface area contributed by atoms with Gasteiger partial charge in [-0.1, -0.05) is 13.3 Å². The van der Waals surface area contributed by atoms with Gasteiger partial charge in [0.15, 0.2) is 0 Å². The molecule has 94 valence electrons. The Bertz CT molecular complexity index is 216. The van der Waals surface area contributed by atoms with Crippen molar-refractivity contribution in [3.8, 4) is 0 Å². The minimum Gasteiger partial charge on any atom is -0.348 e. The van der Waals surface area contributed by atoms with Gasteiger partial charge < -0.3 is 10.2 Å². The smallest absolute Gasteiger partial charge is 0.315 e. The van der Waals surface area contributed by atoms with Gasteiger partial charge >= 0.3 is 6.43 Å². The molecule has 0 aromatic carbocycles. The van der Waals surface area contributed by atoms with Crippen molar-refractivity contribution in [3.05, 3.63) is 0 Å². The number of likely N-dealkylation sites (tertiary alicyclic amines) is 1. The average molecular weight is 234 g/mol. The summed E-state index contributed by atoms with van der Waals surface area (Å²) >= 11 is 0. The number of nitrogens with zero attached hydrogens (tertiary/aromatic N) is 1. The molecule has 1 rings (SSSR count). The molecule has 0 spiro atoms. The van der Waals surface area contributed by atoms with Gasteiger partial charge in [0.2, 0.25) is 0 Å². The maximum atomic E-state index is 12.0. The molecule has 0 saturated carbocycles. The monoisotopic (exact) mass is 234 g/mol. The summed E-state index contributed by atoms with van der Waals surface area (Å²) in [6.45, 7) is 5.02. The van der Waals surface area contributed by atoms with Gasteiger partial charge in [-0.15, -0.1) is 0 Å². The van der Waals surface area contributed by atoms with Crippen LogP contribution in [-0.4, -0.2) is 42.9 Å². The lowest BCUT2D eigenvalue weighted by atomic mass is 10.0. The number of nitrogens with one attached hydrogen (secondary N) is 1. The summed E-state index contributed by atoms with van der Waals surface area (Å²) in [5.74, 6) is -1.13. The van der Waals surface area contributed by atoms with Gasteiger partial charge in [-0.25, -0.2) is 0 Å². The second-order valence-corrected chi connectivity index (χ2v) is 4.28. The number of halogens is 2. The van der Waals surface area contributed by atoms with Gasteiger partial charge in [0, 0.05) is 19.1 Å². The number of unbranched alkanes of at least 4 members (excludes halogenated alkanes) is 1. The summed E-state index contributed by atoms with van der Waals surface area (Å²) in [7, 11) is 0. The quantitative estimate of drug-likeness (QED) is 0.784. The molecule has 16 heavy (non-hydrogen) atoms. The Morgan fingerprint density at radius 2 is 2.06 bits per heavy atom. The molecule has 1 N–H and O–H groups in total. The molecule has 0 unspecified atom stereocenters. The molecule has 1 amide bonds. The molecular weight excluding hydrogens is 214 g/mol. The highest BCUT2D eigenvalue weighted by atomic mass is 19.3. The van der Waals surface area contributed by atoms with Crippen LogP contribution in [0.25, 0.3) is 0 Å². The first-order valence-electron chi connectivity index (χ1n) is 5.94. The maximum Gasteiger partial charge on any atom is 0.315 e. The third kappa shape index (κ3) is 4.43. The first-order valence-corrected chi connectivity index (χ1v) is 5.94. The normalized spacial score (nSPS) is 19.0. The van der Waals surface area contributed by atoms with Crippen molar-refractivity contribution in [1.29, 1.82) is 0 Å². The van der Waals surface area contributed by atoms with Crippen molar-refractivity contribution < 1.29 is 13.6 Å². The Morgan fingerprint density at radius 3 is 2.56 bits per heavy atom. The second kappa shape index (κ2) is 6.78. The molecule has 3 nitrogen and oxygen atoms in total. The fourth-order valence-corrected chi connectivity index (χ4v) is 1.95. The fourth-order valence-electron chi connectivity index (χ4n) is 1.95. The minimum atomic E-state index is -2.89. The van der Waals surface area contributed by atoms with Crippen molar-refractivity contribution >= 4 is 5.91 Å². The lowest BCUT2D eigenvalue weighted by Gasteiger charge is -2.32. The van der Waals surface area contributed by atoms with E-state index in [1.807, 2.05) is 0 Å².